The number of fused-ring (bicyclic) bond motifs is 2. The van der Waals surface area contributed by atoms with Gasteiger partial charge in [0.2, 0.25) is 15.9 Å². The maximum Gasteiger partial charge on any atom is 0.421 e. The summed E-state index contributed by atoms with van der Waals surface area (Å²) in [4.78, 5) is 3.85. The standard InChI is InChI=1S/C27H24F4N6O3S/c1-35-15-22(14-33-35)41(38,39)36-10-8-19-11-24-18(13-34-37(24)21-6-4-20(28)5-7-21)12-26(19,16-36)17-40-25-23(27(29,30)31)3-2-9-32-25/h2-7,9,11,13-15H,8,10,12,16-17H2,1H3. The minimum atomic E-state index is -4.68. The number of alkyl halides is 3. The second-order valence-corrected chi connectivity index (χ2v) is 12.1. The summed E-state index contributed by atoms with van der Waals surface area (Å²) in [6.45, 7) is -0.132. The number of aromatic nitrogens is 5. The van der Waals surface area contributed by atoms with Crippen LogP contribution in [-0.4, -0.2) is 57.0 Å². The quantitative estimate of drug-likeness (QED) is 0.313. The molecule has 0 radical (unpaired) electrons. The van der Waals surface area contributed by atoms with Gasteiger partial charge in [-0.05, 0) is 60.9 Å². The summed E-state index contributed by atoms with van der Waals surface area (Å²) in [6.07, 6.45) is 3.27. The largest absolute Gasteiger partial charge is 0.476 e. The Bertz CT molecular complexity index is 1750. The highest BCUT2D eigenvalue weighted by Crippen LogP contribution is 2.46. The van der Waals surface area contributed by atoms with Crippen LogP contribution in [0.1, 0.15) is 23.2 Å². The van der Waals surface area contributed by atoms with E-state index in [2.05, 4.69) is 15.2 Å². The summed E-state index contributed by atoms with van der Waals surface area (Å²) in [6, 6.07) is 7.90. The molecule has 14 heteroatoms. The van der Waals surface area contributed by atoms with Crippen molar-refractivity contribution in [1.29, 1.82) is 0 Å². The minimum Gasteiger partial charge on any atom is -0.476 e. The normalized spacial score (nSPS) is 19.4. The van der Waals surface area contributed by atoms with Crippen LogP contribution in [0.4, 0.5) is 17.6 Å². The van der Waals surface area contributed by atoms with Crippen molar-refractivity contribution in [2.45, 2.75) is 23.9 Å². The van der Waals surface area contributed by atoms with Crippen LogP contribution in [0.2, 0.25) is 0 Å². The van der Waals surface area contributed by atoms with Crippen molar-refractivity contribution in [2.75, 3.05) is 19.7 Å². The van der Waals surface area contributed by atoms with Crippen LogP contribution in [0.25, 0.3) is 11.8 Å². The first-order valence-electron chi connectivity index (χ1n) is 12.6. The highest BCUT2D eigenvalue weighted by atomic mass is 32.2. The van der Waals surface area contributed by atoms with Crippen molar-refractivity contribution in [3.8, 4) is 11.6 Å². The van der Waals surface area contributed by atoms with E-state index >= 15 is 0 Å². The zero-order valence-corrected chi connectivity index (χ0v) is 22.5. The van der Waals surface area contributed by atoms with E-state index in [1.54, 1.807) is 30.1 Å². The Labute approximate surface area is 232 Å². The summed E-state index contributed by atoms with van der Waals surface area (Å²) < 4.78 is 91.8. The fraction of sp³-hybridized carbons (Fsp3) is 0.296. The molecule has 214 valence electrons. The Morgan fingerprint density at radius 2 is 1.88 bits per heavy atom. The predicted molar refractivity (Wildman–Crippen MR) is 139 cm³/mol. The Morgan fingerprint density at radius 1 is 1.10 bits per heavy atom. The van der Waals surface area contributed by atoms with Crippen LogP contribution in [0.15, 0.2) is 71.7 Å². The lowest BCUT2D eigenvalue weighted by molar-refractivity contribution is -0.139. The first-order valence-corrected chi connectivity index (χ1v) is 14.1. The number of piperidine rings is 1. The van der Waals surface area contributed by atoms with E-state index in [1.165, 1.54) is 45.8 Å². The maximum atomic E-state index is 13.7. The molecule has 9 nitrogen and oxygen atoms in total. The van der Waals surface area contributed by atoms with Gasteiger partial charge in [-0.3, -0.25) is 4.68 Å². The molecule has 2 aliphatic rings. The molecule has 1 aromatic carbocycles. The molecule has 1 aliphatic heterocycles. The summed E-state index contributed by atoms with van der Waals surface area (Å²) in [5.41, 5.74) is 0.915. The molecule has 1 fully saturated rings. The number of aryl methyl sites for hydroxylation is 1. The molecule has 0 bridgehead atoms. The van der Waals surface area contributed by atoms with Crippen LogP contribution in [-0.2, 0) is 29.7 Å². The van der Waals surface area contributed by atoms with E-state index in [1.807, 2.05) is 6.08 Å². The summed E-state index contributed by atoms with van der Waals surface area (Å²) in [5.74, 6) is -0.965. The predicted octanol–water partition coefficient (Wildman–Crippen LogP) is 4.26. The van der Waals surface area contributed by atoms with Crippen molar-refractivity contribution in [1.82, 2.24) is 28.9 Å². The molecule has 0 spiro atoms. The Kier molecular flexibility index (Phi) is 6.49. The third-order valence-corrected chi connectivity index (χ3v) is 9.27. The van der Waals surface area contributed by atoms with Gasteiger partial charge >= 0.3 is 6.18 Å². The monoisotopic (exact) mass is 588 g/mol. The molecule has 4 aromatic rings. The molecule has 4 heterocycles. The Balaban J connectivity index is 1.39. The molecular weight excluding hydrogens is 564 g/mol. The van der Waals surface area contributed by atoms with Gasteiger partial charge in [0, 0.05) is 37.9 Å². The van der Waals surface area contributed by atoms with Crippen LogP contribution in [0.3, 0.4) is 0 Å². The van der Waals surface area contributed by atoms with Gasteiger partial charge in [0.25, 0.3) is 0 Å². The summed E-state index contributed by atoms with van der Waals surface area (Å²) >= 11 is 0. The first kappa shape index (κ1) is 27.1. The van der Waals surface area contributed by atoms with E-state index in [-0.39, 0.29) is 36.8 Å². The number of ether oxygens (including phenoxy) is 1. The van der Waals surface area contributed by atoms with Gasteiger partial charge in [-0.1, -0.05) is 5.57 Å². The number of hydrogen-bond donors (Lipinski definition) is 0. The molecule has 1 atom stereocenters. The lowest BCUT2D eigenvalue weighted by atomic mass is 9.69. The Hall–Kier alpha value is -4.04. The zero-order chi connectivity index (χ0) is 29.0. The smallest absolute Gasteiger partial charge is 0.421 e. The van der Waals surface area contributed by atoms with Gasteiger partial charge in [-0.25, -0.2) is 22.5 Å². The number of hydrogen-bond acceptors (Lipinski definition) is 6. The van der Waals surface area contributed by atoms with Gasteiger partial charge in [-0.15, -0.1) is 0 Å². The summed E-state index contributed by atoms with van der Waals surface area (Å²) in [5, 5.41) is 8.45. The second kappa shape index (κ2) is 9.80. The molecular formula is C27H24F4N6O3S. The average molecular weight is 589 g/mol. The van der Waals surface area contributed by atoms with Gasteiger partial charge in [0.05, 0.1) is 23.8 Å². The molecule has 0 amide bonds. The molecule has 1 aliphatic carbocycles. The number of rotatable bonds is 6. The van der Waals surface area contributed by atoms with Crippen molar-refractivity contribution in [3.63, 3.8) is 0 Å². The van der Waals surface area contributed by atoms with Crippen molar-refractivity contribution < 1.29 is 30.7 Å². The Morgan fingerprint density at radius 3 is 2.59 bits per heavy atom. The van der Waals surface area contributed by atoms with Gasteiger partial charge in [0.1, 0.15) is 22.9 Å². The molecule has 0 N–H and O–H groups in total. The molecule has 3 aromatic heterocycles. The van der Waals surface area contributed by atoms with Crippen molar-refractivity contribution in [3.05, 3.63) is 89.4 Å². The number of nitrogens with zero attached hydrogens (tertiary/aromatic N) is 6. The third kappa shape index (κ3) is 4.90. The third-order valence-electron chi connectivity index (χ3n) is 7.47. The molecule has 41 heavy (non-hydrogen) atoms. The van der Waals surface area contributed by atoms with E-state index in [0.29, 0.717) is 12.1 Å². The van der Waals surface area contributed by atoms with Crippen LogP contribution >= 0.6 is 0 Å². The lowest BCUT2D eigenvalue weighted by Crippen LogP contribution is -2.52. The summed E-state index contributed by atoms with van der Waals surface area (Å²) in [7, 11) is -2.34. The van der Waals surface area contributed by atoms with Crippen LogP contribution in [0.5, 0.6) is 5.88 Å². The molecule has 1 saturated heterocycles. The molecule has 0 saturated carbocycles. The van der Waals surface area contributed by atoms with E-state index < -0.39 is 33.1 Å². The molecule has 1 unspecified atom stereocenters. The topological polar surface area (TPSA) is 95.1 Å². The van der Waals surface area contributed by atoms with Gasteiger partial charge in [-0.2, -0.15) is 27.7 Å². The average Bonchev–Trinajstić information content (AvgIpc) is 3.56. The van der Waals surface area contributed by atoms with Crippen LogP contribution < -0.4 is 4.74 Å². The number of benzene rings is 1. The van der Waals surface area contributed by atoms with E-state index in [0.717, 1.165) is 22.9 Å². The van der Waals surface area contributed by atoms with Gasteiger partial charge in [0.15, 0.2) is 0 Å². The van der Waals surface area contributed by atoms with E-state index in [4.69, 9.17) is 4.74 Å². The van der Waals surface area contributed by atoms with E-state index in [9.17, 15) is 26.0 Å². The second-order valence-electron chi connectivity index (χ2n) is 10.2. The fourth-order valence-electron chi connectivity index (χ4n) is 5.43. The number of sulfonamides is 1. The first-order chi connectivity index (χ1) is 19.5. The highest BCUT2D eigenvalue weighted by molar-refractivity contribution is 7.89. The fourth-order valence-corrected chi connectivity index (χ4v) is 6.94. The van der Waals surface area contributed by atoms with Gasteiger partial charge < -0.3 is 4.74 Å². The van der Waals surface area contributed by atoms with Crippen LogP contribution in [0, 0.1) is 11.2 Å². The van der Waals surface area contributed by atoms with Crippen molar-refractivity contribution in [2.24, 2.45) is 12.5 Å². The highest BCUT2D eigenvalue weighted by Gasteiger charge is 2.47. The zero-order valence-electron chi connectivity index (χ0n) is 21.7. The lowest BCUT2D eigenvalue weighted by Gasteiger charge is -2.45. The van der Waals surface area contributed by atoms with Crippen molar-refractivity contribution >= 4 is 16.1 Å². The molecule has 6 rings (SSSR count). The number of halogens is 4. The number of pyridine rings is 1. The minimum absolute atomic E-state index is 0.0215. The SMILES string of the molecule is Cn1cc(S(=O)(=O)N2CCC3=Cc4c(cnn4-c4ccc(F)cc4)CC3(COc3ncccc3C(F)(F)F)C2)cn1. The maximum absolute atomic E-state index is 13.7.